The van der Waals surface area contributed by atoms with Crippen molar-refractivity contribution in [3.05, 3.63) is 59.4 Å². The van der Waals surface area contributed by atoms with Gasteiger partial charge in [0.25, 0.3) is 0 Å². The number of aryl methyl sites for hydroxylation is 1. The predicted octanol–water partition coefficient (Wildman–Crippen LogP) is 3.49. The van der Waals surface area contributed by atoms with Crippen LogP contribution in [0.3, 0.4) is 0 Å². The summed E-state index contributed by atoms with van der Waals surface area (Å²) in [6.07, 6.45) is 1.08. The lowest BCUT2D eigenvalue weighted by atomic mass is 10.0. The Morgan fingerprint density at radius 2 is 1.95 bits per heavy atom. The zero-order chi connectivity index (χ0) is 14.4. The molecule has 0 bridgehead atoms. The zero-order valence-corrected chi connectivity index (χ0v) is 12.4. The first-order valence-electron chi connectivity index (χ1n) is 7.06. The van der Waals surface area contributed by atoms with Gasteiger partial charge in [-0.2, -0.15) is 0 Å². The summed E-state index contributed by atoms with van der Waals surface area (Å²) in [4.78, 5) is 4.66. The fourth-order valence-corrected chi connectivity index (χ4v) is 2.29. The lowest BCUT2D eigenvalue weighted by Crippen LogP contribution is -2.24. The molecular formula is C17H22N2O. The molecule has 0 saturated heterocycles. The summed E-state index contributed by atoms with van der Waals surface area (Å²) >= 11 is 0. The van der Waals surface area contributed by atoms with Crippen LogP contribution in [0.15, 0.2) is 42.5 Å². The van der Waals surface area contributed by atoms with Gasteiger partial charge in [-0.05, 0) is 38.1 Å². The molecule has 1 aromatic heterocycles. The molecule has 1 unspecified atom stereocenters. The normalized spacial score (nSPS) is 12.2. The number of hydrogen-bond donors (Lipinski definition) is 1. The summed E-state index contributed by atoms with van der Waals surface area (Å²) in [6, 6.07) is 14.3. The standard InChI is InChI=1S/C17H22N2O/c1-4-12-18-17(15-10-7-8-13(2)19-15)14-9-5-6-11-16(14)20-3/h5-11,17-18H,4,12H2,1-3H3. The molecule has 106 valence electrons. The highest BCUT2D eigenvalue weighted by Gasteiger charge is 2.18. The van der Waals surface area contributed by atoms with Crippen LogP contribution < -0.4 is 10.1 Å². The molecule has 2 rings (SSSR count). The van der Waals surface area contributed by atoms with Crippen molar-refractivity contribution in [2.24, 2.45) is 0 Å². The third kappa shape index (κ3) is 3.36. The Hall–Kier alpha value is -1.87. The lowest BCUT2D eigenvalue weighted by molar-refractivity contribution is 0.403. The fraction of sp³-hybridized carbons (Fsp3) is 0.353. The Labute approximate surface area is 121 Å². The number of methoxy groups -OCH3 is 1. The van der Waals surface area contributed by atoms with Gasteiger partial charge >= 0.3 is 0 Å². The van der Waals surface area contributed by atoms with Gasteiger partial charge in [0.05, 0.1) is 18.8 Å². The highest BCUT2D eigenvalue weighted by atomic mass is 16.5. The van der Waals surface area contributed by atoms with E-state index in [0.717, 1.165) is 35.7 Å². The smallest absolute Gasteiger partial charge is 0.124 e. The van der Waals surface area contributed by atoms with Gasteiger partial charge in [0.1, 0.15) is 5.75 Å². The number of benzene rings is 1. The van der Waals surface area contributed by atoms with Crippen LogP contribution in [0.25, 0.3) is 0 Å². The fourth-order valence-electron chi connectivity index (χ4n) is 2.29. The second kappa shape index (κ2) is 7.06. The van der Waals surface area contributed by atoms with E-state index in [0.29, 0.717) is 0 Å². The summed E-state index contributed by atoms with van der Waals surface area (Å²) in [5.74, 6) is 0.893. The van der Waals surface area contributed by atoms with Crippen molar-refractivity contribution in [1.82, 2.24) is 10.3 Å². The number of rotatable bonds is 6. The summed E-state index contributed by atoms with van der Waals surface area (Å²) in [5.41, 5.74) is 3.19. The maximum atomic E-state index is 5.49. The van der Waals surface area contributed by atoms with Gasteiger partial charge in [0.15, 0.2) is 0 Å². The van der Waals surface area contributed by atoms with Crippen LogP contribution in [0, 0.1) is 6.92 Å². The van der Waals surface area contributed by atoms with E-state index in [1.807, 2.05) is 37.3 Å². The van der Waals surface area contributed by atoms with Crippen LogP contribution in [-0.2, 0) is 0 Å². The minimum atomic E-state index is 0.0611. The van der Waals surface area contributed by atoms with Crippen molar-refractivity contribution in [2.75, 3.05) is 13.7 Å². The van der Waals surface area contributed by atoms with Gasteiger partial charge in [-0.15, -0.1) is 0 Å². The lowest BCUT2D eigenvalue weighted by Gasteiger charge is -2.21. The van der Waals surface area contributed by atoms with Gasteiger partial charge in [-0.1, -0.05) is 31.2 Å². The topological polar surface area (TPSA) is 34.2 Å². The molecule has 0 fully saturated rings. The molecule has 1 aromatic carbocycles. The molecular weight excluding hydrogens is 248 g/mol. The average molecular weight is 270 g/mol. The first kappa shape index (κ1) is 14.5. The molecule has 0 amide bonds. The number of para-hydroxylation sites is 1. The van der Waals surface area contributed by atoms with Crippen LogP contribution in [0.5, 0.6) is 5.75 Å². The summed E-state index contributed by atoms with van der Waals surface area (Å²) in [5, 5.41) is 3.56. The van der Waals surface area contributed by atoms with Crippen molar-refractivity contribution < 1.29 is 4.74 Å². The summed E-state index contributed by atoms with van der Waals surface area (Å²) < 4.78 is 5.49. The summed E-state index contributed by atoms with van der Waals surface area (Å²) in [6.45, 7) is 5.12. The van der Waals surface area contributed by atoms with E-state index in [1.165, 1.54) is 0 Å². The molecule has 1 heterocycles. The SMILES string of the molecule is CCCNC(c1cccc(C)n1)c1ccccc1OC. The highest BCUT2D eigenvalue weighted by molar-refractivity contribution is 5.40. The van der Waals surface area contributed by atoms with Crippen LogP contribution in [-0.4, -0.2) is 18.6 Å². The molecule has 0 radical (unpaired) electrons. The van der Waals surface area contributed by atoms with Crippen molar-refractivity contribution >= 4 is 0 Å². The Morgan fingerprint density at radius 1 is 1.15 bits per heavy atom. The number of nitrogens with one attached hydrogen (secondary N) is 1. The Bertz CT molecular complexity index is 554. The van der Waals surface area contributed by atoms with Crippen molar-refractivity contribution in [2.45, 2.75) is 26.3 Å². The highest BCUT2D eigenvalue weighted by Crippen LogP contribution is 2.29. The Morgan fingerprint density at radius 3 is 2.65 bits per heavy atom. The second-order valence-electron chi connectivity index (χ2n) is 4.83. The number of hydrogen-bond acceptors (Lipinski definition) is 3. The first-order chi connectivity index (χ1) is 9.76. The molecule has 0 aliphatic heterocycles. The van der Waals surface area contributed by atoms with Crippen molar-refractivity contribution in [1.29, 1.82) is 0 Å². The monoisotopic (exact) mass is 270 g/mol. The zero-order valence-electron chi connectivity index (χ0n) is 12.4. The van der Waals surface area contributed by atoms with E-state index in [2.05, 4.69) is 29.4 Å². The number of pyridine rings is 1. The summed E-state index contributed by atoms with van der Waals surface area (Å²) in [7, 11) is 1.71. The van der Waals surface area contributed by atoms with Crippen molar-refractivity contribution in [3.8, 4) is 5.75 Å². The largest absolute Gasteiger partial charge is 0.496 e. The molecule has 2 aromatic rings. The molecule has 1 N–H and O–H groups in total. The molecule has 0 saturated carbocycles. The molecule has 1 atom stereocenters. The number of aromatic nitrogens is 1. The van der Waals surface area contributed by atoms with E-state index >= 15 is 0 Å². The molecule has 0 spiro atoms. The molecule has 3 heteroatoms. The minimum absolute atomic E-state index is 0.0611. The third-order valence-corrected chi connectivity index (χ3v) is 3.25. The molecule has 0 aliphatic rings. The average Bonchev–Trinajstić information content (AvgIpc) is 2.48. The Kier molecular flexibility index (Phi) is 5.13. The van der Waals surface area contributed by atoms with Gasteiger partial charge < -0.3 is 10.1 Å². The van der Waals surface area contributed by atoms with Crippen LogP contribution >= 0.6 is 0 Å². The predicted molar refractivity (Wildman–Crippen MR) is 82.1 cm³/mol. The van der Waals surface area contributed by atoms with Crippen molar-refractivity contribution in [3.63, 3.8) is 0 Å². The number of nitrogens with zero attached hydrogens (tertiary/aromatic N) is 1. The molecule has 3 nitrogen and oxygen atoms in total. The quantitative estimate of drug-likeness (QED) is 0.872. The van der Waals surface area contributed by atoms with Gasteiger partial charge in [0.2, 0.25) is 0 Å². The van der Waals surface area contributed by atoms with E-state index in [-0.39, 0.29) is 6.04 Å². The second-order valence-corrected chi connectivity index (χ2v) is 4.83. The van der Waals surface area contributed by atoms with E-state index < -0.39 is 0 Å². The van der Waals surface area contributed by atoms with Crippen LogP contribution in [0.4, 0.5) is 0 Å². The van der Waals surface area contributed by atoms with E-state index in [9.17, 15) is 0 Å². The molecule has 20 heavy (non-hydrogen) atoms. The van der Waals surface area contributed by atoms with Crippen LogP contribution in [0.1, 0.15) is 36.3 Å². The van der Waals surface area contributed by atoms with Crippen LogP contribution in [0.2, 0.25) is 0 Å². The minimum Gasteiger partial charge on any atom is -0.496 e. The maximum Gasteiger partial charge on any atom is 0.124 e. The van der Waals surface area contributed by atoms with Gasteiger partial charge in [-0.3, -0.25) is 4.98 Å². The Balaban J connectivity index is 2.41. The third-order valence-electron chi connectivity index (χ3n) is 3.25. The maximum absolute atomic E-state index is 5.49. The first-order valence-corrected chi connectivity index (χ1v) is 7.06. The van der Waals surface area contributed by atoms with E-state index in [1.54, 1.807) is 7.11 Å². The number of ether oxygens (including phenoxy) is 1. The van der Waals surface area contributed by atoms with Gasteiger partial charge in [-0.25, -0.2) is 0 Å². The molecule has 0 aliphatic carbocycles. The van der Waals surface area contributed by atoms with E-state index in [4.69, 9.17) is 4.74 Å². The van der Waals surface area contributed by atoms with Gasteiger partial charge in [0, 0.05) is 11.3 Å².